The summed E-state index contributed by atoms with van der Waals surface area (Å²) in [5.74, 6) is 0. The van der Waals surface area contributed by atoms with Crippen LogP contribution in [0.5, 0.6) is 0 Å². The molecule has 0 radical (unpaired) electrons. The minimum absolute atomic E-state index is 0.646. The van der Waals surface area contributed by atoms with Gasteiger partial charge < -0.3 is 9.64 Å². The second-order valence-electron chi connectivity index (χ2n) is 8.11. The van der Waals surface area contributed by atoms with Crippen LogP contribution in [0.15, 0.2) is 36.9 Å². The largest absolute Gasteiger partial charge is 0.378 e. The van der Waals surface area contributed by atoms with Crippen LogP contribution < -0.4 is 4.90 Å². The molecule has 3 saturated heterocycles. The summed E-state index contributed by atoms with van der Waals surface area (Å²) in [6, 6.07) is 6.36. The van der Waals surface area contributed by atoms with Crippen LogP contribution in [0.4, 0.5) is 5.69 Å². The van der Waals surface area contributed by atoms with Gasteiger partial charge in [0.2, 0.25) is 0 Å². The van der Waals surface area contributed by atoms with Crippen LogP contribution in [-0.4, -0.2) is 68.7 Å². The van der Waals surface area contributed by atoms with E-state index in [0.29, 0.717) is 18.1 Å². The van der Waals surface area contributed by atoms with E-state index in [-0.39, 0.29) is 0 Å². The first kappa shape index (κ1) is 15.7. The molecule has 0 amide bonds. The van der Waals surface area contributed by atoms with E-state index in [1.54, 1.807) is 0 Å². The molecule has 0 saturated carbocycles. The number of fused-ring (bicyclic) bond motifs is 3. The molecular formula is C20H24N6O. The van der Waals surface area contributed by atoms with Crippen molar-refractivity contribution in [2.75, 3.05) is 31.2 Å². The Hall–Kier alpha value is -2.38. The zero-order valence-corrected chi connectivity index (χ0v) is 15.5. The molecule has 7 nitrogen and oxygen atoms in total. The summed E-state index contributed by atoms with van der Waals surface area (Å²) in [7, 11) is 1.95. The number of aromatic nitrogens is 4. The van der Waals surface area contributed by atoms with Crippen LogP contribution in [0.3, 0.4) is 0 Å². The van der Waals surface area contributed by atoms with Crippen molar-refractivity contribution < 1.29 is 4.74 Å². The molecule has 3 aliphatic rings. The van der Waals surface area contributed by atoms with Gasteiger partial charge in [0.25, 0.3) is 0 Å². The van der Waals surface area contributed by atoms with Crippen molar-refractivity contribution in [2.24, 2.45) is 7.05 Å². The van der Waals surface area contributed by atoms with Gasteiger partial charge in [-0.25, -0.2) is 4.52 Å². The van der Waals surface area contributed by atoms with E-state index in [2.05, 4.69) is 38.3 Å². The van der Waals surface area contributed by atoms with E-state index in [0.717, 1.165) is 37.4 Å². The van der Waals surface area contributed by atoms with E-state index < -0.39 is 0 Å². The molecule has 0 spiro atoms. The Balaban J connectivity index is 1.34. The van der Waals surface area contributed by atoms with E-state index in [4.69, 9.17) is 4.74 Å². The standard InChI is InChI=1S/C20H24N6O/c1-23-8-15(7-22-23)14-6-20-19(4-5-21-25(20)9-14)24-10-16-2-3-17(11-24)26(16)18-12-27-13-18/h4-9,16-18H,2-3,10-13H2,1H3. The lowest BCUT2D eigenvalue weighted by atomic mass is 10.1. The van der Waals surface area contributed by atoms with Crippen LogP contribution in [-0.2, 0) is 11.8 Å². The van der Waals surface area contributed by atoms with Crippen LogP contribution in [0, 0.1) is 0 Å². The Bertz CT molecular complexity index is 975. The van der Waals surface area contributed by atoms with Crippen molar-refractivity contribution in [3.05, 3.63) is 36.9 Å². The number of nitrogens with zero attached hydrogens (tertiary/aromatic N) is 6. The minimum atomic E-state index is 0.646. The van der Waals surface area contributed by atoms with E-state index in [9.17, 15) is 0 Å². The van der Waals surface area contributed by atoms with Crippen molar-refractivity contribution in [3.8, 4) is 11.1 Å². The third-order valence-corrected chi connectivity index (χ3v) is 6.45. The highest BCUT2D eigenvalue weighted by Gasteiger charge is 2.45. The van der Waals surface area contributed by atoms with Crippen molar-refractivity contribution in [1.29, 1.82) is 0 Å². The summed E-state index contributed by atoms with van der Waals surface area (Å²) in [6.07, 6.45) is 10.6. The van der Waals surface area contributed by atoms with Crippen LogP contribution in [0.1, 0.15) is 12.8 Å². The summed E-state index contributed by atoms with van der Waals surface area (Å²) in [5, 5.41) is 8.85. The first-order valence-corrected chi connectivity index (χ1v) is 9.83. The van der Waals surface area contributed by atoms with Gasteiger partial charge in [-0.05, 0) is 25.0 Å². The normalized spacial score (nSPS) is 26.0. The Morgan fingerprint density at radius 3 is 2.48 bits per heavy atom. The van der Waals surface area contributed by atoms with Gasteiger partial charge in [0, 0.05) is 61.9 Å². The molecule has 0 aliphatic carbocycles. The van der Waals surface area contributed by atoms with Crippen LogP contribution in [0.25, 0.3) is 16.6 Å². The van der Waals surface area contributed by atoms with Gasteiger partial charge in [0.05, 0.1) is 36.7 Å². The van der Waals surface area contributed by atoms with Crippen molar-refractivity contribution in [2.45, 2.75) is 31.0 Å². The van der Waals surface area contributed by atoms with Gasteiger partial charge in [0.15, 0.2) is 0 Å². The SMILES string of the molecule is Cn1cc(-c2cc3c(N4CC5CCC(C4)N5C4COC4)ccnn3c2)cn1. The number of ether oxygens (including phenoxy) is 1. The smallest absolute Gasteiger partial charge is 0.0886 e. The monoisotopic (exact) mass is 364 g/mol. The van der Waals surface area contributed by atoms with Crippen molar-refractivity contribution >= 4 is 11.2 Å². The Morgan fingerprint density at radius 1 is 1.00 bits per heavy atom. The second kappa shape index (κ2) is 5.81. The zero-order chi connectivity index (χ0) is 18.0. The fourth-order valence-electron chi connectivity index (χ4n) is 5.12. The van der Waals surface area contributed by atoms with Crippen molar-refractivity contribution in [3.63, 3.8) is 0 Å². The Labute approximate surface area is 158 Å². The first-order valence-electron chi connectivity index (χ1n) is 9.83. The predicted molar refractivity (Wildman–Crippen MR) is 103 cm³/mol. The molecule has 3 fully saturated rings. The number of anilines is 1. The number of aryl methyl sites for hydroxylation is 1. The summed E-state index contributed by atoms with van der Waals surface area (Å²) in [6.45, 7) is 4.03. The van der Waals surface area contributed by atoms with Crippen molar-refractivity contribution in [1.82, 2.24) is 24.3 Å². The van der Waals surface area contributed by atoms with Gasteiger partial charge in [-0.15, -0.1) is 0 Å². The molecule has 3 aromatic rings. The number of hydrogen-bond donors (Lipinski definition) is 0. The molecule has 3 aliphatic heterocycles. The van der Waals surface area contributed by atoms with Crippen LogP contribution in [0.2, 0.25) is 0 Å². The molecule has 2 unspecified atom stereocenters. The average Bonchev–Trinajstić information content (AvgIpc) is 3.29. The molecule has 6 rings (SSSR count). The van der Waals surface area contributed by atoms with Gasteiger partial charge in [-0.2, -0.15) is 10.2 Å². The third kappa shape index (κ3) is 2.41. The molecule has 7 heteroatoms. The number of hydrogen-bond acceptors (Lipinski definition) is 5. The highest BCUT2D eigenvalue weighted by atomic mass is 16.5. The lowest BCUT2D eigenvalue weighted by Crippen LogP contribution is -2.62. The maximum Gasteiger partial charge on any atom is 0.0886 e. The summed E-state index contributed by atoms with van der Waals surface area (Å²) >= 11 is 0. The Kier molecular flexibility index (Phi) is 3.37. The molecule has 3 aromatic heterocycles. The quantitative estimate of drug-likeness (QED) is 0.709. The predicted octanol–water partition coefficient (Wildman–Crippen LogP) is 1.79. The zero-order valence-electron chi connectivity index (χ0n) is 15.5. The number of piperazine rings is 1. The lowest BCUT2D eigenvalue weighted by Gasteiger charge is -2.48. The lowest BCUT2D eigenvalue weighted by molar-refractivity contribution is -0.0850. The van der Waals surface area contributed by atoms with Crippen LogP contribution >= 0.6 is 0 Å². The Morgan fingerprint density at radius 2 is 1.81 bits per heavy atom. The molecular weight excluding hydrogens is 340 g/mol. The minimum Gasteiger partial charge on any atom is -0.378 e. The first-order chi connectivity index (χ1) is 13.3. The summed E-state index contributed by atoms with van der Waals surface area (Å²) in [5.41, 5.74) is 4.76. The van der Waals surface area contributed by atoms with E-state index in [1.807, 2.05) is 34.8 Å². The highest BCUT2D eigenvalue weighted by Crippen LogP contribution is 2.37. The summed E-state index contributed by atoms with van der Waals surface area (Å²) in [4.78, 5) is 5.32. The number of rotatable bonds is 3. The summed E-state index contributed by atoms with van der Waals surface area (Å²) < 4.78 is 9.30. The molecule has 140 valence electrons. The maximum absolute atomic E-state index is 5.45. The molecule has 2 bridgehead atoms. The molecule has 27 heavy (non-hydrogen) atoms. The van der Waals surface area contributed by atoms with Gasteiger partial charge in [0.1, 0.15) is 0 Å². The maximum atomic E-state index is 5.45. The fraction of sp³-hybridized carbons (Fsp3) is 0.500. The average molecular weight is 364 g/mol. The second-order valence-corrected chi connectivity index (χ2v) is 8.11. The molecule has 0 N–H and O–H groups in total. The van der Waals surface area contributed by atoms with Gasteiger partial charge >= 0.3 is 0 Å². The van der Waals surface area contributed by atoms with Gasteiger partial charge in [-0.3, -0.25) is 9.58 Å². The highest BCUT2D eigenvalue weighted by molar-refractivity contribution is 5.79. The van der Waals surface area contributed by atoms with E-state index in [1.165, 1.54) is 24.0 Å². The van der Waals surface area contributed by atoms with E-state index >= 15 is 0 Å². The molecule has 2 atom stereocenters. The molecule has 0 aromatic carbocycles. The fourth-order valence-corrected chi connectivity index (χ4v) is 5.12. The third-order valence-electron chi connectivity index (χ3n) is 6.45. The van der Waals surface area contributed by atoms with Gasteiger partial charge in [-0.1, -0.05) is 0 Å². The molecule has 6 heterocycles. The topological polar surface area (TPSA) is 50.8 Å².